The third kappa shape index (κ3) is 4.51. The third-order valence-electron chi connectivity index (χ3n) is 2.60. The molecule has 1 aromatic carbocycles. The SMILES string of the molecule is CC(=O)Nc1cccc(C(=O)OCC(=O)c2ccc(Br)s2)c1. The van der Waals surface area contributed by atoms with Gasteiger partial charge >= 0.3 is 5.97 Å². The van der Waals surface area contributed by atoms with Gasteiger partial charge in [0.1, 0.15) is 0 Å². The molecule has 1 N–H and O–H groups in total. The normalized spacial score (nSPS) is 10.1. The van der Waals surface area contributed by atoms with Crippen molar-refractivity contribution in [2.75, 3.05) is 11.9 Å². The first-order valence-electron chi connectivity index (χ1n) is 6.29. The summed E-state index contributed by atoms with van der Waals surface area (Å²) in [4.78, 5) is 35.3. The van der Waals surface area contributed by atoms with E-state index >= 15 is 0 Å². The standard InChI is InChI=1S/C15H12BrNO4S/c1-9(18)17-11-4-2-3-10(7-11)15(20)21-8-12(19)13-5-6-14(16)22-13/h2-7H,8H2,1H3,(H,17,18). The highest BCUT2D eigenvalue weighted by Gasteiger charge is 2.13. The summed E-state index contributed by atoms with van der Waals surface area (Å²) in [5.74, 6) is -1.11. The van der Waals surface area contributed by atoms with Crippen LogP contribution in [0.5, 0.6) is 0 Å². The van der Waals surface area contributed by atoms with Crippen LogP contribution in [0.4, 0.5) is 5.69 Å². The van der Waals surface area contributed by atoms with E-state index in [0.717, 1.165) is 3.79 Å². The van der Waals surface area contributed by atoms with Gasteiger partial charge in [-0.1, -0.05) is 6.07 Å². The van der Waals surface area contributed by atoms with E-state index in [1.54, 1.807) is 30.3 Å². The Morgan fingerprint density at radius 2 is 2.00 bits per heavy atom. The van der Waals surface area contributed by atoms with Gasteiger partial charge < -0.3 is 10.1 Å². The molecule has 1 heterocycles. The number of nitrogens with one attached hydrogen (secondary N) is 1. The molecule has 114 valence electrons. The summed E-state index contributed by atoms with van der Waals surface area (Å²) in [7, 11) is 0. The molecule has 0 aliphatic carbocycles. The molecule has 7 heteroatoms. The molecule has 0 saturated carbocycles. The highest BCUT2D eigenvalue weighted by molar-refractivity contribution is 9.11. The molecule has 0 aliphatic rings. The summed E-state index contributed by atoms with van der Waals surface area (Å²) in [5, 5.41) is 2.58. The number of carbonyl (C=O) groups excluding carboxylic acids is 3. The van der Waals surface area contributed by atoms with E-state index in [0.29, 0.717) is 10.6 Å². The molecule has 0 spiro atoms. The van der Waals surface area contributed by atoms with E-state index in [1.165, 1.54) is 24.3 Å². The summed E-state index contributed by atoms with van der Waals surface area (Å²) in [6, 6.07) is 9.77. The van der Waals surface area contributed by atoms with Crippen molar-refractivity contribution in [3.63, 3.8) is 0 Å². The van der Waals surface area contributed by atoms with Gasteiger partial charge in [0.2, 0.25) is 11.7 Å². The molecule has 2 rings (SSSR count). The van der Waals surface area contributed by atoms with Gasteiger partial charge in [0.15, 0.2) is 6.61 Å². The Morgan fingerprint density at radius 3 is 2.64 bits per heavy atom. The number of thiophene rings is 1. The van der Waals surface area contributed by atoms with Crippen LogP contribution in [0.3, 0.4) is 0 Å². The molecule has 1 amide bonds. The van der Waals surface area contributed by atoms with Crippen LogP contribution in [0.1, 0.15) is 27.0 Å². The van der Waals surface area contributed by atoms with E-state index in [-0.39, 0.29) is 23.9 Å². The molecule has 0 fully saturated rings. The first-order chi connectivity index (χ1) is 10.5. The lowest BCUT2D eigenvalue weighted by Crippen LogP contribution is -2.14. The molecule has 22 heavy (non-hydrogen) atoms. The Hall–Kier alpha value is -1.99. The molecule has 1 aromatic heterocycles. The second-order valence-electron chi connectivity index (χ2n) is 4.37. The fraction of sp³-hybridized carbons (Fsp3) is 0.133. The Bertz CT molecular complexity index is 726. The molecule has 0 aliphatic heterocycles. The Labute approximate surface area is 139 Å². The monoisotopic (exact) mass is 381 g/mol. The van der Waals surface area contributed by atoms with Crippen molar-refractivity contribution < 1.29 is 19.1 Å². The fourth-order valence-electron chi connectivity index (χ4n) is 1.68. The lowest BCUT2D eigenvalue weighted by Gasteiger charge is -2.06. The Morgan fingerprint density at radius 1 is 1.23 bits per heavy atom. The minimum Gasteiger partial charge on any atom is -0.454 e. The van der Waals surface area contributed by atoms with Crippen LogP contribution in [0.15, 0.2) is 40.2 Å². The van der Waals surface area contributed by atoms with Crippen molar-refractivity contribution in [3.05, 3.63) is 50.6 Å². The van der Waals surface area contributed by atoms with Crippen LogP contribution < -0.4 is 5.32 Å². The summed E-state index contributed by atoms with van der Waals surface area (Å²) in [5.41, 5.74) is 0.766. The predicted molar refractivity (Wildman–Crippen MR) is 87.4 cm³/mol. The maximum absolute atomic E-state index is 11.9. The van der Waals surface area contributed by atoms with E-state index in [4.69, 9.17) is 4.74 Å². The molecular formula is C15H12BrNO4S. The van der Waals surface area contributed by atoms with Gasteiger partial charge in [0.25, 0.3) is 0 Å². The van der Waals surface area contributed by atoms with Gasteiger partial charge in [-0.2, -0.15) is 0 Å². The zero-order chi connectivity index (χ0) is 16.1. The van der Waals surface area contributed by atoms with Crippen LogP contribution in [0.25, 0.3) is 0 Å². The lowest BCUT2D eigenvalue weighted by atomic mass is 10.2. The van der Waals surface area contributed by atoms with Gasteiger partial charge in [-0.05, 0) is 46.3 Å². The average Bonchev–Trinajstić information content (AvgIpc) is 2.90. The topological polar surface area (TPSA) is 72.5 Å². The number of hydrogen-bond donors (Lipinski definition) is 1. The highest BCUT2D eigenvalue weighted by Crippen LogP contribution is 2.22. The van der Waals surface area contributed by atoms with E-state index in [9.17, 15) is 14.4 Å². The van der Waals surface area contributed by atoms with Crippen LogP contribution in [-0.4, -0.2) is 24.3 Å². The quantitative estimate of drug-likeness (QED) is 0.635. The summed E-state index contributed by atoms with van der Waals surface area (Å²) in [6.45, 7) is 1.05. The number of hydrogen-bond acceptors (Lipinski definition) is 5. The molecule has 0 saturated heterocycles. The number of benzene rings is 1. The van der Waals surface area contributed by atoms with Crippen molar-refractivity contribution in [1.29, 1.82) is 0 Å². The number of rotatable bonds is 5. The lowest BCUT2D eigenvalue weighted by molar-refractivity contribution is -0.114. The van der Waals surface area contributed by atoms with Crippen LogP contribution in [-0.2, 0) is 9.53 Å². The zero-order valence-electron chi connectivity index (χ0n) is 11.6. The number of ketones is 1. The molecule has 0 unspecified atom stereocenters. The number of Topliss-reactive ketones (excluding diaryl/α,β-unsaturated/α-hetero) is 1. The van der Waals surface area contributed by atoms with Crippen molar-refractivity contribution in [2.45, 2.75) is 6.92 Å². The summed E-state index contributed by atoms with van der Waals surface area (Å²) < 4.78 is 5.84. The van der Waals surface area contributed by atoms with Gasteiger partial charge in [-0.15, -0.1) is 11.3 Å². The first kappa shape index (κ1) is 16.4. The van der Waals surface area contributed by atoms with Crippen molar-refractivity contribution >= 4 is 50.6 Å². The third-order valence-corrected chi connectivity index (χ3v) is 4.27. The largest absolute Gasteiger partial charge is 0.454 e. The van der Waals surface area contributed by atoms with Gasteiger partial charge in [-0.3, -0.25) is 9.59 Å². The van der Waals surface area contributed by atoms with Gasteiger partial charge in [0, 0.05) is 12.6 Å². The van der Waals surface area contributed by atoms with Crippen molar-refractivity contribution in [1.82, 2.24) is 0 Å². The smallest absolute Gasteiger partial charge is 0.338 e. The number of ether oxygens (including phenoxy) is 1. The Balaban J connectivity index is 1.97. The minimum atomic E-state index is -0.615. The summed E-state index contributed by atoms with van der Waals surface area (Å²) >= 11 is 4.55. The molecule has 0 atom stereocenters. The van der Waals surface area contributed by atoms with Gasteiger partial charge in [0.05, 0.1) is 14.2 Å². The second-order valence-corrected chi connectivity index (χ2v) is 6.83. The van der Waals surface area contributed by atoms with Crippen LogP contribution in [0, 0.1) is 0 Å². The predicted octanol–water partition coefficient (Wildman–Crippen LogP) is 3.51. The van der Waals surface area contributed by atoms with Crippen molar-refractivity contribution in [2.24, 2.45) is 0 Å². The molecule has 0 radical (unpaired) electrons. The second kappa shape index (κ2) is 7.33. The number of amides is 1. The van der Waals surface area contributed by atoms with Crippen LogP contribution >= 0.6 is 27.3 Å². The average molecular weight is 382 g/mol. The zero-order valence-corrected chi connectivity index (χ0v) is 14.0. The Kier molecular flexibility index (Phi) is 5.46. The molecular weight excluding hydrogens is 370 g/mol. The maximum Gasteiger partial charge on any atom is 0.338 e. The van der Waals surface area contributed by atoms with E-state index < -0.39 is 5.97 Å². The number of anilines is 1. The fourth-order valence-corrected chi connectivity index (χ4v) is 2.99. The van der Waals surface area contributed by atoms with E-state index in [2.05, 4.69) is 21.2 Å². The summed E-state index contributed by atoms with van der Waals surface area (Å²) in [6.07, 6.45) is 0. The molecule has 0 bridgehead atoms. The maximum atomic E-state index is 11.9. The number of esters is 1. The number of carbonyl (C=O) groups is 3. The first-order valence-corrected chi connectivity index (χ1v) is 7.90. The van der Waals surface area contributed by atoms with Crippen LogP contribution in [0.2, 0.25) is 0 Å². The molecule has 5 nitrogen and oxygen atoms in total. The molecule has 2 aromatic rings. The van der Waals surface area contributed by atoms with E-state index in [1.807, 2.05) is 0 Å². The highest BCUT2D eigenvalue weighted by atomic mass is 79.9. The van der Waals surface area contributed by atoms with Crippen molar-refractivity contribution in [3.8, 4) is 0 Å². The van der Waals surface area contributed by atoms with Gasteiger partial charge in [-0.25, -0.2) is 4.79 Å². The number of halogens is 1. The minimum absolute atomic E-state index is 0.232.